The van der Waals surface area contributed by atoms with Crippen LogP contribution in [-0.4, -0.2) is 67.4 Å². The largest absolute Gasteiger partial charge is 0.290 e. The number of nitrogens with zero attached hydrogens (tertiary/aromatic N) is 14. The lowest BCUT2D eigenvalue weighted by Crippen LogP contribution is -1.94. The van der Waals surface area contributed by atoms with E-state index >= 15 is 0 Å². The fourth-order valence-electron chi connectivity index (χ4n) is 22.5. The summed E-state index contributed by atoms with van der Waals surface area (Å²) in [6.07, 6.45) is 7.48. The number of hydrogen-bond acceptors (Lipinski definition) is 11. The summed E-state index contributed by atoms with van der Waals surface area (Å²) in [4.78, 5) is 51.8. The van der Waals surface area contributed by atoms with Crippen molar-refractivity contribution in [1.29, 1.82) is 0 Å². The molecule has 0 saturated carbocycles. The first kappa shape index (κ1) is 83.1. The molecule has 0 saturated heterocycles. The molecule has 147 heavy (non-hydrogen) atoms. The minimum absolute atomic E-state index is 0.953. The second-order valence-corrected chi connectivity index (χ2v) is 38.7. The van der Waals surface area contributed by atoms with E-state index in [0.29, 0.717) is 0 Å². The summed E-state index contributed by atoms with van der Waals surface area (Å²) in [7, 11) is 0. The van der Waals surface area contributed by atoms with E-state index < -0.39 is 0 Å². The Morgan fingerprint density at radius 2 is 0.497 bits per heavy atom. The van der Waals surface area contributed by atoms with Gasteiger partial charge in [-0.15, -0.1) is 11.3 Å². The topological polar surface area (TPSA) is 147 Å². The quantitative estimate of drug-likeness (QED) is 0.141. The van der Waals surface area contributed by atoms with Crippen molar-refractivity contribution in [3.8, 4) is 76.8 Å². The van der Waals surface area contributed by atoms with Crippen molar-refractivity contribution in [3.63, 3.8) is 0 Å². The average Bonchev–Trinajstić information content (AvgIpc) is 1.65. The number of hydrogen-bond donors (Lipinski definition) is 0. The van der Waals surface area contributed by atoms with Crippen LogP contribution in [0.25, 0.3) is 296 Å². The number of benzene rings is 18. The first-order valence-electron chi connectivity index (χ1n) is 49.4. The minimum Gasteiger partial charge on any atom is -0.290 e. The van der Waals surface area contributed by atoms with Crippen LogP contribution in [0.15, 0.2) is 474 Å². The van der Waals surface area contributed by atoms with E-state index in [4.69, 9.17) is 49.8 Å². The summed E-state index contributed by atoms with van der Waals surface area (Å²) >= 11 is 1.83. The van der Waals surface area contributed by atoms with Gasteiger partial charge in [0.25, 0.3) is 0 Å². The molecular formula is C132H78N14S. The number of thiophene rings is 1. The molecule has 0 bridgehead atoms. The summed E-state index contributed by atoms with van der Waals surface area (Å²) < 4.78 is 8.93. The monoisotopic (exact) mass is 1890 g/mol. The van der Waals surface area contributed by atoms with Gasteiger partial charge in [-0.05, 0) is 258 Å². The highest BCUT2D eigenvalue weighted by Crippen LogP contribution is 2.46. The second-order valence-electron chi connectivity index (χ2n) is 37.7. The van der Waals surface area contributed by atoms with Crippen molar-refractivity contribution >= 4 is 230 Å². The van der Waals surface area contributed by atoms with E-state index in [-0.39, 0.29) is 0 Å². The van der Waals surface area contributed by atoms with Crippen LogP contribution in [0.5, 0.6) is 0 Å². The molecule has 0 amide bonds. The summed E-state index contributed by atoms with van der Waals surface area (Å²) in [6, 6.07) is 158. The lowest BCUT2D eigenvalue weighted by atomic mass is 9.89. The van der Waals surface area contributed by atoms with Gasteiger partial charge in [0.05, 0.1) is 111 Å². The second kappa shape index (κ2) is 33.5. The Morgan fingerprint density at radius 1 is 0.163 bits per heavy atom. The Morgan fingerprint density at radius 3 is 1.00 bits per heavy atom. The lowest BCUT2D eigenvalue weighted by Gasteiger charge is -2.15. The van der Waals surface area contributed by atoms with E-state index in [1.165, 1.54) is 86.2 Å². The number of para-hydroxylation sites is 9. The molecule has 0 unspecified atom stereocenters. The van der Waals surface area contributed by atoms with Gasteiger partial charge in [0.15, 0.2) is 0 Å². The molecule has 0 radical (unpaired) electrons. The van der Waals surface area contributed by atoms with Gasteiger partial charge in [-0.25, -0.2) is 29.9 Å². The van der Waals surface area contributed by atoms with Gasteiger partial charge < -0.3 is 0 Å². The number of aromatic nitrogens is 14. The Balaban J connectivity index is 0.0000000910. The van der Waals surface area contributed by atoms with Crippen LogP contribution in [0, 0.1) is 0 Å². The third kappa shape index (κ3) is 13.6. The van der Waals surface area contributed by atoms with Gasteiger partial charge in [0, 0.05) is 105 Å². The molecule has 15 aromatic heterocycles. The van der Waals surface area contributed by atoms with Crippen molar-refractivity contribution in [3.05, 3.63) is 474 Å². The summed E-state index contributed by atoms with van der Waals surface area (Å²) in [5.74, 6) is 0. The zero-order valence-electron chi connectivity index (χ0n) is 78.7. The third-order valence-electron chi connectivity index (χ3n) is 29.4. The van der Waals surface area contributed by atoms with Gasteiger partial charge in [0.2, 0.25) is 0 Å². The molecule has 0 aliphatic rings. The van der Waals surface area contributed by atoms with Gasteiger partial charge >= 0.3 is 0 Å². The molecule has 0 N–H and O–H groups in total. The van der Waals surface area contributed by atoms with E-state index in [1.54, 1.807) is 0 Å². The van der Waals surface area contributed by atoms with Crippen LogP contribution in [-0.2, 0) is 0 Å². The maximum absolute atomic E-state index is 5.08. The zero-order chi connectivity index (χ0) is 96.4. The highest BCUT2D eigenvalue weighted by molar-refractivity contribution is 7.18. The molecule has 14 nitrogen and oxygen atoms in total. The number of imidazole rings is 4. The molecule has 682 valence electrons. The smallest absolute Gasteiger partial charge is 0.146 e. The van der Waals surface area contributed by atoms with Gasteiger partial charge in [-0.2, -0.15) is 0 Å². The van der Waals surface area contributed by atoms with Gasteiger partial charge in [-0.1, -0.05) is 273 Å². The number of rotatable bonds is 7. The normalized spacial score (nSPS) is 11.9. The Hall–Kier alpha value is -19.7. The first-order valence-corrected chi connectivity index (χ1v) is 50.2. The van der Waals surface area contributed by atoms with E-state index in [9.17, 15) is 0 Å². The van der Waals surface area contributed by atoms with E-state index in [2.05, 4.69) is 406 Å². The zero-order valence-corrected chi connectivity index (χ0v) is 79.5. The molecule has 0 aliphatic heterocycles. The fraction of sp³-hybridized carbons (Fsp3) is 0. The van der Waals surface area contributed by atoms with Crippen molar-refractivity contribution in [1.82, 2.24) is 67.4 Å². The highest BCUT2D eigenvalue weighted by Gasteiger charge is 2.24. The van der Waals surface area contributed by atoms with E-state index in [0.717, 1.165) is 209 Å². The van der Waals surface area contributed by atoms with Crippen LogP contribution >= 0.6 is 11.3 Å². The third-order valence-corrected chi connectivity index (χ3v) is 30.6. The molecule has 15 heterocycles. The molecule has 15 heteroatoms. The summed E-state index contributed by atoms with van der Waals surface area (Å²) in [5.41, 5.74) is 36.1. The van der Waals surface area contributed by atoms with Crippen molar-refractivity contribution in [2.45, 2.75) is 0 Å². The fourth-order valence-corrected chi connectivity index (χ4v) is 23.5. The molecule has 0 aliphatic carbocycles. The Bertz CT molecular complexity index is 11300. The van der Waals surface area contributed by atoms with Crippen molar-refractivity contribution < 1.29 is 0 Å². The van der Waals surface area contributed by atoms with Crippen LogP contribution in [0.1, 0.15) is 0 Å². The number of pyridine rings is 10. The Labute approximate surface area is 842 Å². The maximum Gasteiger partial charge on any atom is 0.146 e. The van der Waals surface area contributed by atoms with Crippen molar-refractivity contribution in [2.75, 3.05) is 0 Å². The highest BCUT2D eigenvalue weighted by atomic mass is 32.1. The standard InChI is InChI=1S/C37H22N4.C34H21N3S.C34H19N3.C27H16N4/c1-2-7-28-24(6-1)13-16-26-18-20-31(39-35(26)28)25-14-11-23(12-15-25)27-17-19-29-30(22-27)36-34(10-5-21-38-36)41-33-9-4-3-8-32(33)40-37(29)41;1-2-7-23(8-3-1)31-18-19-32(38-31)24-14-12-22(13-15-24)25-16-17-26-27(21-25)33-30(11-6-20-35-33)37-29-10-5-4-9-28(29)36-34(26)37;1-2-8-29-28(7-1)36-34-26-17-14-23(19-27(26)33-30(37(29)34)9-4-18-35-33)24-15-12-22-11-10-20-5-3-6-21-13-16-25(24)32(22)31(20)21;1-2-7-21-17(6-1)12-14-22(29-21)18-11-13-19-20(16-18)26-25(10-5-15-28-26)31-24-9-4-3-8-23(24)30-27(19)31/h1-22H;1-21H;1-19H;1-16H. The molecule has 33 rings (SSSR count). The molecule has 0 fully saturated rings. The van der Waals surface area contributed by atoms with Gasteiger partial charge in [0.1, 0.15) is 22.6 Å². The van der Waals surface area contributed by atoms with Crippen LogP contribution in [0.4, 0.5) is 0 Å². The molecular weight excluding hydrogens is 1810 g/mol. The SMILES string of the molecule is c1cc2ccc3ccc(-c4ccc5c(c4)c4ncccc4n4c6ccccc6nc54)c4ccc(c1)c2c34.c1ccc(-c2ccc(-c3ccc(-c4ccc5c(c4)c4ncccc4n4c6ccccc6nc54)cc3)s2)cc1.c1ccc2c(c1)ccc1ccc(-c3ccc(-c4ccc5c(c4)c4ncccc4n4c6ccccc6nc54)cc3)nc12.c1ccc2nc(-c3ccc4c(c3)c3ncccc3n3c5ccccc5nc43)ccc2c1. The molecule has 0 spiro atoms. The minimum atomic E-state index is 0.953. The van der Waals surface area contributed by atoms with Crippen LogP contribution in [0.2, 0.25) is 0 Å². The maximum atomic E-state index is 5.08. The number of fused-ring (bicyclic) bond motifs is 36. The summed E-state index contributed by atoms with van der Waals surface area (Å²) in [6.45, 7) is 0. The predicted octanol–water partition coefficient (Wildman–Crippen LogP) is 33.6. The summed E-state index contributed by atoms with van der Waals surface area (Å²) in [5, 5.41) is 21.4. The first-order chi connectivity index (χ1) is 72.9. The Kier molecular flexibility index (Phi) is 18.9. The molecule has 0 atom stereocenters. The molecule has 18 aromatic carbocycles. The average molecular weight is 1890 g/mol. The van der Waals surface area contributed by atoms with E-state index in [1.807, 2.05) is 96.8 Å². The van der Waals surface area contributed by atoms with Crippen molar-refractivity contribution in [2.24, 2.45) is 0 Å². The van der Waals surface area contributed by atoms with Crippen LogP contribution in [0.3, 0.4) is 0 Å². The van der Waals surface area contributed by atoms with Crippen LogP contribution < -0.4 is 0 Å². The molecule has 33 aromatic rings. The predicted molar refractivity (Wildman–Crippen MR) is 610 cm³/mol. The lowest BCUT2D eigenvalue weighted by molar-refractivity contribution is 1.29. The van der Waals surface area contributed by atoms with Gasteiger partial charge in [-0.3, -0.25) is 37.5 Å².